The molecule has 0 aromatic heterocycles. The number of amides is 1. The third-order valence-electron chi connectivity index (χ3n) is 3.40. The summed E-state index contributed by atoms with van der Waals surface area (Å²) >= 11 is 0. The molecular formula is C16H25NO9. The van der Waals surface area contributed by atoms with Crippen molar-refractivity contribution in [3.05, 3.63) is 0 Å². The molecule has 0 aromatic rings. The minimum absolute atomic E-state index is 0.242. The van der Waals surface area contributed by atoms with E-state index in [1.807, 2.05) is 0 Å². The highest BCUT2D eigenvalue weighted by Crippen LogP contribution is 2.27. The number of hydrogen-bond donors (Lipinski definition) is 1. The van der Waals surface area contributed by atoms with Gasteiger partial charge in [0.25, 0.3) is 0 Å². The lowest BCUT2D eigenvalue weighted by molar-refractivity contribution is -0.276. The van der Waals surface area contributed by atoms with Crippen molar-refractivity contribution in [1.29, 1.82) is 0 Å². The number of carbonyl (C=O) groups is 4. The second kappa shape index (κ2) is 10.1. The summed E-state index contributed by atoms with van der Waals surface area (Å²) in [6.45, 7) is 6.56. The predicted molar refractivity (Wildman–Crippen MR) is 85.6 cm³/mol. The van der Waals surface area contributed by atoms with E-state index in [9.17, 15) is 19.2 Å². The van der Waals surface area contributed by atoms with Crippen LogP contribution in [-0.2, 0) is 42.9 Å². The maximum absolute atomic E-state index is 11.6. The molecule has 0 aliphatic carbocycles. The molecule has 0 radical (unpaired) electrons. The van der Waals surface area contributed by atoms with E-state index in [1.54, 1.807) is 6.92 Å². The fraction of sp³-hybridized carbons (Fsp3) is 0.750. The minimum atomic E-state index is -1.11. The van der Waals surface area contributed by atoms with Gasteiger partial charge >= 0.3 is 17.9 Å². The normalized spacial score (nSPS) is 28.0. The summed E-state index contributed by atoms with van der Waals surface area (Å²) in [5, 5.41) is 2.60. The number of rotatable bonds is 7. The average molecular weight is 375 g/mol. The van der Waals surface area contributed by atoms with Gasteiger partial charge in [-0.1, -0.05) is 0 Å². The molecule has 10 heteroatoms. The molecule has 10 nitrogen and oxygen atoms in total. The lowest BCUT2D eigenvalue weighted by Gasteiger charge is -2.44. The molecule has 1 aliphatic rings. The molecular weight excluding hydrogens is 350 g/mol. The molecule has 5 atom stereocenters. The number of esters is 3. The third-order valence-corrected chi connectivity index (χ3v) is 3.40. The van der Waals surface area contributed by atoms with E-state index in [0.29, 0.717) is 0 Å². The molecule has 1 saturated heterocycles. The molecule has 1 rings (SSSR count). The summed E-state index contributed by atoms with van der Waals surface area (Å²) in [7, 11) is 0. The van der Waals surface area contributed by atoms with Gasteiger partial charge in [-0.25, -0.2) is 0 Å². The molecule has 0 spiro atoms. The van der Waals surface area contributed by atoms with Crippen molar-refractivity contribution in [3.63, 3.8) is 0 Å². The van der Waals surface area contributed by atoms with Crippen LogP contribution in [0.25, 0.3) is 0 Å². The van der Waals surface area contributed by atoms with Crippen LogP contribution in [0, 0.1) is 0 Å². The van der Waals surface area contributed by atoms with Crippen molar-refractivity contribution >= 4 is 23.8 Å². The lowest BCUT2D eigenvalue weighted by atomic mass is 9.96. The first kappa shape index (κ1) is 21.8. The van der Waals surface area contributed by atoms with Gasteiger partial charge < -0.3 is 29.0 Å². The van der Waals surface area contributed by atoms with E-state index in [2.05, 4.69) is 5.32 Å². The Kier molecular flexibility index (Phi) is 8.46. The largest absolute Gasteiger partial charge is 0.463 e. The molecule has 0 aromatic carbocycles. The maximum Gasteiger partial charge on any atom is 0.303 e. The van der Waals surface area contributed by atoms with Crippen molar-refractivity contribution in [2.24, 2.45) is 0 Å². The van der Waals surface area contributed by atoms with E-state index in [0.717, 1.165) is 0 Å². The van der Waals surface area contributed by atoms with E-state index < -0.39 is 54.5 Å². The average Bonchev–Trinajstić information content (AvgIpc) is 2.50. The summed E-state index contributed by atoms with van der Waals surface area (Å²) in [5.74, 6) is -2.28. The molecule has 148 valence electrons. The summed E-state index contributed by atoms with van der Waals surface area (Å²) in [4.78, 5) is 45.8. The predicted octanol–water partition coefficient (Wildman–Crippen LogP) is -0.321. The van der Waals surface area contributed by atoms with Gasteiger partial charge in [-0.2, -0.15) is 0 Å². The molecule has 1 heterocycles. The number of carbonyl (C=O) groups excluding carboxylic acids is 4. The molecule has 0 unspecified atom stereocenters. The lowest BCUT2D eigenvalue weighted by Crippen LogP contribution is -2.66. The van der Waals surface area contributed by atoms with Crippen molar-refractivity contribution in [1.82, 2.24) is 5.32 Å². The first-order chi connectivity index (χ1) is 12.1. The highest BCUT2D eigenvalue weighted by Gasteiger charge is 2.51. The van der Waals surface area contributed by atoms with Crippen LogP contribution >= 0.6 is 0 Å². The van der Waals surface area contributed by atoms with E-state index in [1.165, 1.54) is 27.7 Å². The van der Waals surface area contributed by atoms with Crippen LogP contribution in [0.3, 0.4) is 0 Å². The zero-order valence-corrected chi connectivity index (χ0v) is 15.5. The van der Waals surface area contributed by atoms with Gasteiger partial charge in [0.2, 0.25) is 5.91 Å². The second-order valence-electron chi connectivity index (χ2n) is 5.68. The maximum atomic E-state index is 11.6. The Labute approximate surface area is 151 Å². The summed E-state index contributed by atoms with van der Waals surface area (Å²) in [5.41, 5.74) is 0. The van der Waals surface area contributed by atoms with Gasteiger partial charge in [0.15, 0.2) is 18.5 Å². The molecule has 1 N–H and O–H groups in total. The van der Waals surface area contributed by atoms with Crippen molar-refractivity contribution in [2.75, 3.05) is 13.2 Å². The van der Waals surface area contributed by atoms with Gasteiger partial charge in [0, 0.05) is 34.3 Å². The van der Waals surface area contributed by atoms with E-state index in [4.69, 9.17) is 23.7 Å². The van der Waals surface area contributed by atoms with Crippen LogP contribution in [0.15, 0.2) is 0 Å². The molecule has 1 aliphatic heterocycles. The molecule has 1 fully saturated rings. The molecule has 26 heavy (non-hydrogen) atoms. The van der Waals surface area contributed by atoms with Crippen molar-refractivity contribution in [2.45, 2.75) is 65.3 Å². The first-order valence-corrected chi connectivity index (χ1v) is 8.17. The SMILES string of the molecule is CCO[C@@H]1O[C@H](COC(C)=O)[C@@H](OC(C)=O)[C@@H](OC(C)=O)[C@@H]1NC(C)=O. The monoisotopic (exact) mass is 375 g/mol. The Morgan fingerprint density at radius 2 is 1.50 bits per heavy atom. The first-order valence-electron chi connectivity index (χ1n) is 8.17. The quantitative estimate of drug-likeness (QED) is 0.470. The van der Waals surface area contributed by atoms with Crippen LogP contribution < -0.4 is 5.32 Å². The highest BCUT2D eigenvalue weighted by molar-refractivity contribution is 5.73. The molecule has 0 saturated carbocycles. The van der Waals surface area contributed by atoms with Gasteiger partial charge in [-0.15, -0.1) is 0 Å². The van der Waals surface area contributed by atoms with Gasteiger partial charge in [0.1, 0.15) is 18.8 Å². The Morgan fingerprint density at radius 1 is 0.923 bits per heavy atom. The smallest absolute Gasteiger partial charge is 0.303 e. The van der Waals surface area contributed by atoms with Crippen LogP contribution in [0.5, 0.6) is 0 Å². The zero-order chi connectivity index (χ0) is 19.9. The Morgan fingerprint density at radius 3 is 1.96 bits per heavy atom. The molecule has 0 bridgehead atoms. The van der Waals surface area contributed by atoms with Crippen molar-refractivity contribution in [3.8, 4) is 0 Å². The topological polar surface area (TPSA) is 126 Å². The minimum Gasteiger partial charge on any atom is -0.463 e. The Balaban J connectivity index is 3.22. The second-order valence-corrected chi connectivity index (χ2v) is 5.68. The van der Waals surface area contributed by atoms with E-state index in [-0.39, 0.29) is 13.2 Å². The Hall–Kier alpha value is -2.20. The van der Waals surface area contributed by atoms with Crippen LogP contribution in [0.4, 0.5) is 0 Å². The number of nitrogens with one attached hydrogen (secondary N) is 1. The van der Waals surface area contributed by atoms with Gasteiger partial charge in [-0.3, -0.25) is 19.2 Å². The fourth-order valence-electron chi connectivity index (χ4n) is 2.60. The van der Waals surface area contributed by atoms with Gasteiger partial charge in [0.05, 0.1) is 0 Å². The summed E-state index contributed by atoms with van der Waals surface area (Å²) < 4.78 is 26.7. The zero-order valence-electron chi connectivity index (χ0n) is 15.5. The standard InChI is InChI=1S/C16H25NO9/c1-6-22-16-13(17-8(2)18)15(25-11(5)21)14(24-10(4)20)12(26-16)7-23-9(3)19/h12-16H,6-7H2,1-5H3,(H,17,18)/t12-,13+,14-,15+,16-/m1/s1. The summed E-state index contributed by atoms with van der Waals surface area (Å²) in [6, 6.07) is -0.922. The summed E-state index contributed by atoms with van der Waals surface area (Å²) in [6.07, 6.45) is -4.15. The van der Waals surface area contributed by atoms with Crippen LogP contribution in [-0.4, -0.2) is 67.7 Å². The molecule has 1 amide bonds. The van der Waals surface area contributed by atoms with Crippen LogP contribution in [0.2, 0.25) is 0 Å². The van der Waals surface area contributed by atoms with Gasteiger partial charge in [-0.05, 0) is 6.92 Å². The highest BCUT2D eigenvalue weighted by atomic mass is 16.7. The van der Waals surface area contributed by atoms with E-state index >= 15 is 0 Å². The Bertz CT molecular complexity index is 536. The third kappa shape index (κ3) is 6.60. The number of ether oxygens (including phenoxy) is 5. The number of hydrogen-bond acceptors (Lipinski definition) is 9. The fourth-order valence-corrected chi connectivity index (χ4v) is 2.60. The van der Waals surface area contributed by atoms with Crippen molar-refractivity contribution < 1.29 is 42.9 Å². The van der Waals surface area contributed by atoms with Crippen LogP contribution in [0.1, 0.15) is 34.6 Å².